The summed E-state index contributed by atoms with van der Waals surface area (Å²) < 4.78 is 5.46. The molecule has 3 nitrogen and oxygen atoms in total. The van der Waals surface area contributed by atoms with Crippen molar-refractivity contribution in [1.82, 2.24) is 0 Å². The predicted molar refractivity (Wildman–Crippen MR) is 82.5 cm³/mol. The summed E-state index contributed by atoms with van der Waals surface area (Å²) in [5.74, 6) is 0. The van der Waals surface area contributed by atoms with Crippen LogP contribution in [0.2, 0.25) is 5.02 Å². The molecule has 2 unspecified atom stereocenters. The van der Waals surface area contributed by atoms with E-state index in [-0.39, 0.29) is 0 Å². The molecular formula is C15H23ClN2O. The van der Waals surface area contributed by atoms with E-state index in [0.717, 1.165) is 22.8 Å². The quantitative estimate of drug-likeness (QED) is 0.910. The van der Waals surface area contributed by atoms with Gasteiger partial charge in [-0.2, -0.15) is 0 Å². The number of methoxy groups -OCH3 is 1. The second kappa shape index (κ2) is 6.49. The zero-order valence-electron chi connectivity index (χ0n) is 11.9. The van der Waals surface area contributed by atoms with Gasteiger partial charge in [0.1, 0.15) is 0 Å². The Balaban J connectivity index is 2.01. The number of anilines is 2. The summed E-state index contributed by atoms with van der Waals surface area (Å²) in [5, 5.41) is 4.36. The Labute approximate surface area is 120 Å². The van der Waals surface area contributed by atoms with Gasteiger partial charge >= 0.3 is 0 Å². The minimum atomic E-state index is 0.391. The van der Waals surface area contributed by atoms with Gasteiger partial charge in [0.2, 0.25) is 0 Å². The summed E-state index contributed by atoms with van der Waals surface area (Å²) >= 11 is 6.29. The molecule has 0 spiro atoms. The van der Waals surface area contributed by atoms with E-state index in [4.69, 9.17) is 16.3 Å². The summed E-state index contributed by atoms with van der Waals surface area (Å²) in [6.45, 7) is 0. The first-order valence-electron chi connectivity index (χ1n) is 6.86. The molecule has 1 aromatic carbocycles. The molecule has 1 aromatic rings. The Morgan fingerprint density at radius 1 is 1.32 bits per heavy atom. The van der Waals surface area contributed by atoms with Crippen molar-refractivity contribution in [2.75, 3.05) is 31.4 Å². The normalized spacial score (nSPS) is 23.2. The Morgan fingerprint density at radius 2 is 2.11 bits per heavy atom. The second-order valence-electron chi connectivity index (χ2n) is 5.43. The monoisotopic (exact) mass is 282 g/mol. The molecular weight excluding hydrogens is 260 g/mol. The summed E-state index contributed by atoms with van der Waals surface area (Å²) in [4.78, 5) is 2.02. The second-order valence-corrected chi connectivity index (χ2v) is 5.83. The standard InChI is InChI=1S/C15H23ClN2O/c1-18(2)15-8-7-12(10-14(15)16)17-11-5-4-6-13(9-11)19-3/h7-8,10-11,13,17H,4-6,9H2,1-3H3. The largest absolute Gasteiger partial charge is 0.382 e. The van der Waals surface area contributed by atoms with Gasteiger partial charge in [-0.1, -0.05) is 11.6 Å². The number of hydrogen-bond donors (Lipinski definition) is 1. The first-order chi connectivity index (χ1) is 9.10. The number of halogens is 1. The van der Waals surface area contributed by atoms with E-state index in [2.05, 4.69) is 17.4 Å². The van der Waals surface area contributed by atoms with Crippen molar-refractivity contribution in [3.8, 4) is 0 Å². The molecule has 1 N–H and O–H groups in total. The molecule has 0 aliphatic heterocycles. The number of benzene rings is 1. The lowest BCUT2D eigenvalue weighted by molar-refractivity contribution is 0.0669. The van der Waals surface area contributed by atoms with Crippen LogP contribution in [0.3, 0.4) is 0 Å². The summed E-state index contributed by atoms with van der Waals surface area (Å²) in [5.41, 5.74) is 2.14. The van der Waals surface area contributed by atoms with E-state index >= 15 is 0 Å². The van der Waals surface area contributed by atoms with Gasteiger partial charge in [-0.3, -0.25) is 0 Å². The minimum Gasteiger partial charge on any atom is -0.382 e. The number of nitrogens with one attached hydrogen (secondary N) is 1. The average molecular weight is 283 g/mol. The Bertz CT molecular complexity index is 423. The van der Waals surface area contributed by atoms with E-state index in [1.165, 1.54) is 19.3 Å². The lowest BCUT2D eigenvalue weighted by Gasteiger charge is -2.29. The van der Waals surface area contributed by atoms with Crippen LogP contribution in [0.4, 0.5) is 11.4 Å². The third kappa shape index (κ3) is 3.77. The smallest absolute Gasteiger partial charge is 0.0659 e. The summed E-state index contributed by atoms with van der Waals surface area (Å²) in [7, 11) is 5.80. The van der Waals surface area contributed by atoms with E-state index in [1.807, 2.05) is 25.1 Å². The van der Waals surface area contributed by atoms with Crippen molar-refractivity contribution in [2.24, 2.45) is 0 Å². The fourth-order valence-electron chi connectivity index (χ4n) is 2.69. The number of hydrogen-bond acceptors (Lipinski definition) is 3. The molecule has 1 saturated carbocycles. The van der Waals surface area contributed by atoms with Gasteiger partial charge in [0, 0.05) is 32.9 Å². The third-order valence-electron chi connectivity index (χ3n) is 3.76. The molecule has 106 valence electrons. The van der Waals surface area contributed by atoms with Crippen LogP contribution < -0.4 is 10.2 Å². The highest BCUT2D eigenvalue weighted by molar-refractivity contribution is 6.33. The highest BCUT2D eigenvalue weighted by atomic mass is 35.5. The van der Waals surface area contributed by atoms with Gasteiger partial charge in [-0.25, -0.2) is 0 Å². The summed E-state index contributed by atoms with van der Waals surface area (Å²) in [6.07, 6.45) is 5.06. The fourth-order valence-corrected chi connectivity index (χ4v) is 3.03. The molecule has 0 radical (unpaired) electrons. The van der Waals surface area contributed by atoms with Gasteiger partial charge in [0.15, 0.2) is 0 Å². The third-order valence-corrected chi connectivity index (χ3v) is 4.06. The molecule has 2 atom stereocenters. The molecule has 0 heterocycles. The molecule has 1 aliphatic rings. The first-order valence-corrected chi connectivity index (χ1v) is 7.24. The van der Waals surface area contributed by atoms with Crippen LogP contribution in [0.25, 0.3) is 0 Å². The minimum absolute atomic E-state index is 0.391. The Morgan fingerprint density at radius 3 is 2.74 bits per heavy atom. The lowest BCUT2D eigenvalue weighted by Crippen LogP contribution is -2.31. The summed E-state index contributed by atoms with van der Waals surface area (Å²) in [6, 6.07) is 6.65. The molecule has 0 saturated heterocycles. The van der Waals surface area contributed by atoms with E-state index < -0.39 is 0 Å². The molecule has 4 heteroatoms. The van der Waals surface area contributed by atoms with Crippen LogP contribution in [-0.4, -0.2) is 33.4 Å². The average Bonchev–Trinajstić information content (AvgIpc) is 2.38. The van der Waals surface area contributed by atoms with Crippen LogP contribution in [0, 0.1) is 0 Å². The van der Waals surface area contributed by atoms with Crippen molar-refractivity contribution in [3.63, 3.8) is 0 Å². The van der Waals surface area contributed by atoms with Crippen molar-refractivity contribution < 1.29 is 4.74 Å². The number of rotatable bonds is 4. The van der Waals surface area contributed by atoms with Crippen LogP contribution in [0.1, 0.15) is 25.7 Å². The van der Waals surface area contributed by atoms with E-state index in [9.17, 15) is 0 Å². The number of ether oxygens (including phenoxy) is 1. The molecule has 1 fully saturated rings. The van der Waals surface area contributed by atoms with Crippen LogP contribution in [0.15, 0.2) is 18.2 Å². The van der Waals surface area contributed by atoms with Gasteiger partial charge < -0.3 is 15.0 Å². The van der Waals surface area contributed by atoms with Crippen molar-refractivity contribution >= 4 is 23.0 Å². The van der Waals surface area contributed by atoms with Crippen molar-refractivity contribution in [2.45, 2.75) is 37.8 Å². The topological polar surface area (TPSA) is 24.5 Å². The molecule has 0 bridgehead atoms. The molecule has 19 heavy (non-hydrogen) atoms. The predicted octanol–water partition coefficient (Wildman–Crippen LogP) is 3.78. The molecule has 2 rings (SSSR count). The maximum absolute atomic E-state index is 6.29. The molecule has 0 amide bonds. The van der Waals surface area contributed by atoms with Gasteiger partial charge in [0.05, 0.1) is 16.8 Å². The van der Waals surface area contributed by atoms with Crippen LogP contribution in [-0.2, 0) is 4.74 Å². The van der Waals surface area contributed by atoms with Crippen LogP contribution in [0.5, 0.6) is 0 Å². The highest BCUT2D eigenvalue weighted by Crippen LogP contribution is 2.29. The Hall–Kier alpha value is -0.930. The van der Waals surface area contributed by atoms with Crippen LogP contribution >= 0.6 is 11.6 Å². The van der Waals surface area contributed by atoms with Gasteiger partial charge in [0.25, 0.3) is 0 Å². The van der Waals surface area contributed by atoms with Crippen molar-refractivity contribution in [3.05, 3.63) is 23.2 Å². The fraction of sp³-hybridized carbons (Fsp3) is 0.600. The lowest BCUT2D eigenvalue weighted by atomic mass is 9.92. The zero-order chi connectivity index (χ0) is 13.8. The maximum Gasteiger partial charge on any atom is 0.0659 e. The highest BCUT2D eigenvalue weighted by Gasteiger charge is 2.21. The maximum atomic E-state index is 6.29. The van der Waals surface area contributed by atoms with E-state index in [0.29, 0.717) is 12.1 Å². The zero-order valence-corrected chi connectivity index (χ0v) is 12.7. The van der Waals surface area contributed by atoms with Crippen molar-refractivity contribution in [1.29, 1.82) is 0 Å². The SMILES string of the molecule is COC1CCCC(Nc2ccc(N(C)C)c(Cl)c2)C1. The number of nitrogens with zero attached hydrogens (tertiary/aromatic N) is 1. The van der Waals surface area contributed by atoms with Gasteiger partial charge in [-0.15, -0.1) is 0 Å². The Kier molecular flexibility index (Phi) is 4.94. The molecule has 0 aromatic heterocycles. The van der Waals surface area contributed by atoms with E-state index in [1.54, 1.807) is 7.11 Å². The van der Waals surface area contributed by atoms with Gasteiger partial charge in [-0.05, 0) is 43.9 Å². The first kappa shape index (κ1) is 14.5. The molecule has 1 aliphatic carbocycles.